The highest BCUT2D eigenvalue weighted by Gasteiger charge is 2.17. The largest absolute Gasteiger partial charge is 0.496 e. The van der Waals surface area contributed by atoms with Crippen LogP contribution in [-0.4, -0.2) is 12.9 Å². The van der Waals surface area contributed by atoms with Crippen LogP contribution in [0, 0.1) is 6.92 Å². The number of allylic oxidation sites excluding steroid dienone is 2. The van der Waals surface area contributed by atoms with Gasteiger partial charge in [-0.2, -0.15) is 0 Å². The zero-order valence-electron chi connectivity index (χ0n) is 11.9. The maximum absolute atomic E-state index is 12.6. The lowest BCUT2D eigenvalue weighted by Crippen LogP contribution is -2.07. The topological polar surface area (TPSA) is 26.3 Å². The second-order valence-electron chi connectivity index (χ2n) is 5.22. The number of benzene rings is 1. The molecule has 19 heavy (non-hydrogen) atoms. The van der Waals surface area contributed by atoms with E-state index in [0.717, 1.165) is 30.4 Å². The van der Waals surface area contributed by atoms with Crippen LogP contribution in [0.5, 0.6) is 5.75 Å². The quantitative estimate of drug-likeness (QED) is 0.748. The van der Waals surface area contributed by atoms with Crippen molar-refractivity contribution in [3.63, 3.8) is 0 Å². The van der Waals surface area contributed by atoms with Crippen LogP contribution in [0.15, 0.2) is 29.8 Å². The van der Waals surface area contributed by atoms with Crippen molar-refractivity contribution in [1.82, 2.24) is 0 Å². The van der Waals surface area contributed by atoms with E-state index in [-0.39, 0.29) is 5.78 Å². The van der Waals surface area contributed by atoms with Gasteiger partial charge in [-0.3, -0.25) is 4.79 Å². The third-order valence-electron chi connectivity index (χ3n) is 3.68. The van der Waals surface area contributed by atoms with Crippen molar-refractivity contribution in [2.45, 2.75) is 45.4 Å². The number of aryl methyl sites for hydroxylation is 1. The van der Waals surface area contributed by atoms with Gasteiger partial charge in [0.1, 0.15) is 5.75 Å². The Morgan fingerprint density at radius 3 is 2.74 bits per heavy atom. The van der Waals surface area contributed by atoms with Gasteiger partial charge < -0.3 is 4.74 Å². The number of ketones is 1. The lowest BCUT2D eigenvalue weighted by Gasteiger charge is -2.13. The van der Waals surface area contributed by atoms with Gasteiger partial charge in [0, 0.05) is 0 Å². The zero-order chi connectivity index (χ0) is 13.7. The minimum atomic E-state index is 0.138. The molecule has 0 bridgehead atoms. The molecule has 0 heterocycles. The summed E-state index contributed by atoms with van der Waals surface area (Å²) in [6, 6.07) is 5.78. The van der Waals surface area contributed by atoms with Crippen LogP contribution in [0.1, 0.15) is 54.4 Å². The Balaban J connectivity index is 2.27. The molecule has 102 valence electrons. The molecular weight excluding hydrogens is 236 g/mol. The molecule has 1 aromatic carbocycles. The molecule has 0 aromatic heterocycles. The number of ether oxygens (including phenoxy) is 1. The number of rotatable bonds is 3. The van der Waals surface area contributed by atoms with E-state index in [4.69, 9.17) is 4.74 Å². The maximum atomic E-state index is 12.6. The molecule has 1 aliphatic rings. The van der Waals surface area contributed by atoms with Crippen molar-refractivity contribution >= 4 is 5.78 Å². The second kappa shape index (κ2) is 6.55. The summed E-state index contributed by atoms with van der Waals surface area (Å²) < 4.78 is 5.35. The summed E-state index contributed by atoms with van der Waals surface area (Å²) in [4.78, 5) is 12.6. The highest BCUT2D eigenvalue weighted by Crippen LogP contribution is 2.26. The molecule has 0 fully saturated rings. The van der Waals surface area contributed by atoms with Crippen molar-refractivity contribution in [1.29, 1.82) is 0 Å². The van der Waals surface area contributed by atoms with E-state index < -0.39 is 0 Å². The number of Topliss-reactive ketones (excluding diaryl/α,β-unsaturated/α-hetero) is 1. The SMILES string of the molecule is COc1cc(C)ccc1C(=O)/C1=C/CCCCCC1. The van der Waals surface area contributed by atoms with E-state index in [1.807, 2.05) is 25.1 Å². The summed E-state index contributed by atoms with van der Waals surface area (Å²) in [5, 5.41) is 0. The average molecular weight is 258 g/mol. The predicted molar refractivity (Wildman–Crippen MR) is 77.8 cm³/mol. The second-order valence-corrected chi connectivity index (χ2v) is 5.22. The van der Waals surface area contributed by atoms with Crippen molar-refractivity contribution in [3.8, 4) is 5.75 Å². The predicted octanol–water partition coefficient (Wildman–Crippen LogP) is 4.47. The molecule has 1 aliphatic carbocycles. The van der Waals surface area contributed by atoms with E-state index in [9.17, 15) is 4.79 Å². The van der Waals surface area contributed by atoms with Crippen molar-refractivity contribution < 1.29 is 9.53 Å². The fourth-order valence-corrected chi connectivity index (χ4v) is 2.56. The summed E-state index contributed by atoms with van der Waals surface area (Å²) in [6.07, 6.45) is 8.88. The number of carbonyl (C=O) groups excluding carboxylic acids is 1. The van der Waals surface area contributed by atoms with Crippen LogP contribution >= 0.6 is 0 Å². The molecule has 2 heteroatoms. The van der Waals surface area contributed by atoms with Crippen LogP contribution in [-0.2, 0) is 0 Å². The van der Waals surface area contributed by atoms with Crippen LogP contribution in [0.3, 0.4) is 0 Å². The summed E-state index contributed by atoms with van der Waals surface area (Å²) in [5.41, 5.74) is 2.77. The van der Waals surface area contributed by atoms with Gasteiger partial charge in [-0.05, 0) is 55.9 Å². The summed E-state index contributed by atoms with van der Waals surface area (Å²) >= 11 is 0. The molecule has 0 saturated heterocycles. The third-order valence-corrected chi connectivity index (χ3v) is 3.68. The van der Waals surface area contributed by atoms with E-state index in [2.05, 4.69) is 6.08 Å². The standard InChI is InChI=1S/C17H22O2/c1-13-10-11-15(16(12-13)19-2)17(18)14-8-6-4-3-5-7-9-14/h8,10-12H,3-7,9H2,1-2H3/b14-8+. The maximum Gasteiger partial charge on any atom is 0.192 e. The normalized spacial score (nSPS) is 18.9. The molecule has 0 aliphatic heterocycles. The highest BCUT2D eigenvalue weighted by atomic mass is 16.5. The Kier molecular flexibility index (Phi) is 4.78. The number of hydrogen-bond acceptors (Lipinski definition) is 2. The van der Waals surface area contributed by atoms with Gasteiger partial charge in [0.2, 0.25) is 0 Å². The first-order chi connectivity index (χ1) is 9.22. The van der Waals surface area contributed by atoms with Gasteiger partial charge in [0.15, 0.2) is 5.78 Å². The molecule has 2 nitrogen and oxygen atoms in total. The minimum absolute atomic E-state index is 0.138. The minimum Gasteiger partial charge on any atom is -0.496 e. The molecule has 0 unspecified atom stereocenters. The smallest absolute Gasteiger partial charge is 0.192 e. The number of hydrogen-bond donors (Lipinski definition) is 0. The average Bonchev–Trinajstić information content (AvgIpc) is 2.37. The molecular formula is C17H22O2. The molecule has 0 atom stereocenters. The van der Waals surface area contributed by atoms with Gasteiger partial charge in [0.25, 0.3) is 0 Å². The van der Waals surface area contributed by atoms with Gasteiger partial charge >= 0.3 is 0 Å². The van der Waals surface area contributed by atoms with Gasteiger partial charge in [-0.25, -0.2) is 0 Å². The summed E-state index contributed by atoms with van der Waals surface area (Å²) in [7, 11) is 1.62. The Morgan fingerprint density at radius 1 is 1.16 bits per heavy atom. The third kappa shape index (κ3) is 3.46. The van der Waals surface area contributed by atoms with Crippen molar-refractivity contribution in [2.24, 2.45) is 0 Å². The fraction of sp³-hybridized carbons (Fsp3) is 0.471. The van der Waals surface area contributed by atoms with Crippen LogP contribution in [0.2, 0.25) is 0 Å². The van der Waals surface area contributed by atoms with Gasteiger partial charge in [-0.1, -0.05) is 25.0 Å². The molecule has 0 amide bonds. The Morgan fingerprint density at radius 2 is 1.95 bits per heavy atom. The monoisotopic (exact) mass is 258 g/mol. The zero-order valence-corrected chi connectivity index (χ0v) is 11.9. The Bertz CT molecular complexity index is 486. The Labute approximate surface area is 115 Å². The van der Waals surface area contributed by atoms with Crippen molar-refractivity contribution in [2.75, 3.05) is 7.11 Å². The summed E-state index contributed by atoms with van der Waals surface area (Å²) in [5.74, 6) is 0.826. The lowest BCUT2D eigenvalue weighted by molar-refractivity contribution is 0.102. The van der Waals surface area contributed by atoms with Gasteiger partial charge in [-0.15, -0.1) is 0 Å². The lowest BCUT2D eigenvalue weighted by atomic mass is 9.93. The number of carbonyl (C=O) groups is 1. The van der Waals surface area contributed by atoms with E-state index in [1.165, 1.54) is 19.3 Å². The first kappa shape index (κ1) is 13.9. The number of methoxy groups -OCH3 is 1. The fourth-order valence-electron chi connectivity index (χ4n) is 2.56. The highest BCUT2D eigenvalue weighted by molar-refractivity contribution is 6.10. The summed E-state index contributed by atoms with van der Waals surface area (Å²) in [6.45, 7) is 2.01. The van der Waals surface area contributed by atoms with Crippen LogP contribution in [0.25, 0.3) is 0 Å². The molecule has 0 radical (unpaired) electrons. The molecule has 0 N–H and O–H groups in total. The van der Waals surface area contributed by atoms with E-state index in [1.54, 1.807) is 7.11 Å². The molecule has 2 rings (SSSR count). The molecule has 0 spiro atoms. The molecule has 1 aromatic rings. The van der Waals surface area contributed by atoms with Crippen LogP contribution in [0.4, 0.5) is 0 Å². The van der Waals surface area contributed by atoms with Crippen LogP contribution < -0.4 is 4.74 Å². The first-order valence-corrected chi connectivity index (χ1v) is 7.11. The van der Waals surface area contributed by atoms with Crippen molar-refractivity contribution in [3.05, 3.63) is 41.0 Å². The van der Waals surface area contributed by atoms with E-state index >= 15 is 0 Å². The molecule has 0 saturated carbocycles. The van der Waals surface area contributed by atoms with E-state index in [0.29, 0.717) is 11.3 Å². The van der Waals surface area contributed by atoms with Gasteiger partial charge in [0.05, 0.1) is 12.7 Å². The Hall–Kier alpha value is -1.57. The first-order valence-electron chi connectivity index (χ1n) is 7.11.